The molecule has 1 rings (SSSR count). The van der Waals surface area contributed by atoms with Gasteiger partial charge in [-0.05, 0) is 18.9 Å². The smallest absolute Gasteiger partial charge is 0.219 e. The van der Waals surface area contributed by atoms with E-state index in [1.807, 2.05) is 30.3 Å². The third-order valence-electron chi connectivity index (χ3n) is 2.63. The van der Waals surface area contributed by atoms with Crippen LogP contribution in [0.2, 0.25) is 0 Å². The van der Waals surface area contributed by atoms with Gasteiger partial charge in [-0.1, -0.05) is 30.3 Å². The lowest BCUT2D eigenvalue weighted by Crippen LogP contribution is -2.19. The molecule has 0 aliphatic rings. The summed E-state index contributed by atoms with van der Waals surface area (Å²) in [4.78, 5) is 22.7. The molecule has 0 aliphatic heterocycles. The molecule has 16 heavy (non-hydrogen) atoms. The molecule has 0 saturated carbocycles. The Morgan fingerprint density at radius 3 is 2.38 bits per heavy atom. The summed E-state index contributed by atoms with van der Waals surface area (Å²) in [6.45, 7) is 1.57. The summed E-state index contributed by atoms with van der Waals surface area (Å²) in [7, 11) is 1.60. The summed E-state index contributed by atoms with van der Waals surface area (Å²) < 4.78 is 0. The molecule has 0 fully saturated rings. The summed E-state index contributed by atoms with van der Waals surface area (Å²) in [5.41, 5.74) is 0.985. The number of benzene rings is 1. The Bertz CT molecular complexity index is 359. The Kier molecular flexibility index (Phi) is 4.70. The van der Waals surface area contributed by atoms with Gasteiger partial charge in [0.25, 0.3) is 0 Å². The van der Waals surface area contributed by atoms with E-state index in [-0.39, 0.29) is 17.6 Å². The molecule has 1 amide bonds. The van der Waals surface area contributed by atoms with Crippen molar-refractivity contribution in [3.63, 3.8) is 0 Å². The van der Waals surface area contributed by atoms with E-state index in [2.05, 4.69) is 5.32 Å². The molecule has 0 saturated heterocycles. The van der Waals surface area contributed by atoms with Crippen molar-refractivity contribution in [3.05, 3.63) is 35.9 Å². The average molecular weight is 219 g/mol. The molecule has 0 spiro atoms. The fraction of sp³-hybridized carbons (Fsp3) is 0.385. The van der Waals surface area contributed by atoms with Gasteiger partial charge in [-0.15, -0.1) is 0 Å². The monoisotopic (exact) mass is 219 g/mol. The highest BCUT2D eigenvalue weighted by atomic mass is 16.1. The highest BCUT2D eigenvalue weighted by Gasteiger charge is 2.17. The quantitative estimate of drug-likeness (QED) is 0.822. The molecule has 1 atom stereocenters. The summed E-state index contributed by atoms with van der Waals surface area (Å²) in [5.74, 6) is -0.0872. The molecule has 1 aromatic rings. The van der Waals surface area contributed by atoms with Crippen LogP contribution in [0.15, 0.2) is 30.3 Å². The van der Waals surface area contributed by atoms with Crippen LogP contribution in [0.25, 0.3) is 0 Å². The third kappa shape index (κ3) is 3.50. The SMILES string of the molecule is CNC(=O)CCC(C(C)=O)c1ccccc1. The van der Waals surface area contributed by atoms with Gasteiger partial charge in [0.15, 0.2) is 0 Å². The Morgan fingerprint density at radius 1 is 1.25 bits per heavy atom. The minimum Gasteiger partial charge on any atom is -0.359 e. The zero-order valence-electron chi connectivity index (χ0n) is 9.69. The van der Waals surface area contributed by atoms with Gasteiger partial charge in [0.05, 0.1) is 0 Å². The van der Waals surface area contributed by atoms with Crippen molar-refractivity contribution in [3.8, 4) is 0 Å². The number of amides is 1. The van der Waals surface area contributed by atoms with Gasteiger partial charge in [0, 0.05) is 19.4 Å². The van der Waals surface area contributed by atoms with Crippen molar-refractivity contribution in [1.82, 2.24) is 5.32 Å². The molecule has 0 aliphatic carbocycles. The average Bonchev–Trinajstić information content (AvgIpc) is 2.30. The van der Waals surface area contributed by atoms with Crippen LogP contribution in [0.4, 0.5) is 0 Å². The first-order chi connectivity index (χ1) is 7.65. The largest absolute Gasteiger partial charge is 0.359 e. The molecule has 0 heterocycles. The van der Waals surface area contributed by atoms with E-state index in [0.29, 0.717) is 12.8 Å². The predicted molar refractivity (Wildman–Crippen MR) is 63.2 cm³/mol. The standard InChI is InChI=1S/C13H17NO2/c1-10(15)12(8-9-13(16)14-2)11-6-4-3-5-7-11/h3-7,12H,8-9H2,1-2H3,(H,14,16). The molecular weight excluding hydrogens is 202 g/mol. The van der Waals surface area contributed by atoms with E-state index in [1.54, 1.807) is 14.0 Å². The third-order valence-corrected chi connectivity index (χ3v) is 2.63. The van der Waals surface area contributed by atoms with E-state index in [9.17, 15) is 9.59 Å². The molecule has 0 aromatic heterocycles. The Morgan fingerprint density at radius 2 is 1.88 bits per heavy atom. The van der Waals surface area contributed by atoms with Crippen LogP contribution in [0.1, 0.15) is 31.2 Å². The topological polar surface area (TPSA) is 46.2 Å². The highest BCUT2D eigenvalue weighted by Crippen LogP contribution is 2.21. The molecule has 1 N–H and O–H groups in total. The molecule has 3 heteroatoms. The van der Waals surface area contributed by atoms with E-state index in [1.165, 1.54) is 0 Å². The fourth-order valence-electron chi connectivity index (χ4n) is 1.69. The van der Waals surface area contributed by atoms with Gasteiger partial charge in [0.1, 0.15) is 5.78 Å². The van der Waals surface area contributed by atoms with Crippen LogP contribution >= 0.6 is 0 Å². The van der Waals surface area contributed by atoms with Crippen molar-refractivity contribution in [2.45, 2.75) is 25.7 Å². The Labute approximate surface area is 95.9 Å². The van der Waals surface area contributed by atoms with Crippen molar-refractivity contribution < 1.29 is 9.59 Å². The van der Waals surface area contributed by atoms with Crippen LogP contribution in [-0.2, 0) is 9.59 Å². The molecular formula is C13H17NO2. The number of carbonyl (C=O) groups is 2. The molecule has 3 nitrogen and oxygen atoms in total. The lowest BCUT2D eigenvalue weighted by molar-refractivity contribution is -0.121. The van der Waals surface area contributed by atoms with E-state index in [0.717, 1.165) is 5.56 Å². The maximum atomic E-state index is 11.5. The Hall–Kier alpha value is -1.64. The van der Waals surface area contributed by atoms with E-state index < -0.39 is 0 Å². The van der Waals surface area contributed by atoms with Crippen LogP contribution in [-0.4, -0.2) is 18.7 Å². The van der Waals surface area contributed by atoms with Gasteiger partial charge in [0.2, 0.25) is 5.91 Å². The van der Waals surface area contributed by atoms with Crippen LogP contribution in [0, 0.1) is 0 Å². The first kappa shape index (κ1) is 12.4. The van der Waals surface area contributed by atoms with E-state index in [4.69, 9.17) is 0 Å². The molecule has 1 unspecified atom stereocenters. The lowest BCUT2D eigenvalue weighted by Gasteiger charge is -2.13. The number of carbonyl (C=O) groups excluding carboxylic acids is 2. The summed E-state index contributed by atoms with van der Waals surface area (Å²) in [6, 6.07) is 9.58. The first-order valence-corrected chi connectivity index (χ1v) is 5.41. The van der Waals surface area contributed by atoms with Gasteiger partial charge < -0.3 is 5.32 Å². The molecule has 1 aromatic carbocycles. The highest BCUT2D eigenvalue weighted by molar-refractivity contribution is 5.84. The first-order valence-electron chi connectivity index (χ1n) is 5.41. The second-order valence-corrected chi connectivity index (χ2v) is 3.79. The van der Waals surface area contributed by atoms with Crippen molar-refractivity contribution in [2.24, 2.45) is 0 Å². The van der Waals surface area contributed by atoms with Gasteiger partial charge in [-0.3, -0.25) is 9.59 Å². The molecule has 86 valence electrons. The summed E-state index contributed by atoms with van der Waals surface area (Å²) in [5, 5.41) is 2.56. The summed E-state index contributed by atoms with van der Waals surface area (Å²) >= 11 is 0. The fourth-order valence-corrected chi connectivity index (χ4v) is 1.69. The van der Waals surface area contributed by atoms with Gasteiger partial charge >= 0.3 is 0 Å². The van der Waals surface area contributed by atoms with E-state index >= 15 is 0 Å². The maximum Gasteiger partial charge on any atom is 0.219 e. The minimum atomic E-state index is -0.168. The minimum absolute atomic E-state index is 0.0258. The molecule has 0 radical (unpaired) electrons. The normalized spacial score (nSPS) is 11.9. The number of rotatable bonds is 5. The van der Waals surface area contributed by atoms with Crippen LogP contribution < -0.4 is 5.32 Å². The predicted octanol–water partition coefficient (Wildman–Crippen LogP) is 1.89. The summed E-state index contributed by atoms with van der Waals surface area (Å²) in [6.07, 6.45) is 0.953. The Balaban J connectivity index is 2.69. The number of Topliss-reactive ketones (excluding diaryl/α,β-unsaturated/α-hetero) is 1. The number of hydrogen-bond acceptors (Lipinski definition) is 2. The van der Waals surface area contributed by atoms with Crippen molar-refractivity contribution in [2.75, 3.05) is 7.05 Å². The van der Waals surface area contributed by atoms with Crippen molar-refractivity contribution in [1.29, 1.82) is 0 Å². The van der Waals surface area contributed by atoms with Gasteiger partial charge in [-0.25, -0.2) is 0 Å². The number of nitrogens with one attached hydrogen (secondary N) is 1. The molecule has 0 bridgehead atoms. The lowest BCUT2D eigenvalue weighted by atomic mass is 9.91. The zero-order valence-corrected chi connectivity index (χ0v) is 9.69. The number of ketones is 1. The van der Waals surface area contributed by atoms with Gasteiger partial charge in [-0.2, -0.15) is 0 Å². The maximum absolute atomic E-state index is 11.5. The second kappa shape index (κ2) is 6.05. The van der Waals surface area contributed by atoms with Crippen LogP contribution in [0.5, 0.6) is 0 Å². The zero-order chi connectivity index (χ0) is 12.0. The van der Waals surface area contributed by atoms with Crippen LogP contribution in [0.3, 0.4) is 0 Å². The second-order valence-electron chi connectivity index (χ2n) is 3.79. The van der Waals surface area contributed by atoms with Crippen molar-refractivity contribution >= 4 is 11.7 Å². The number of hydrogen-bond donors (Lipinski definition) is 1.